The molecular formula is C22H32N6O. The van der Waals surface area contributed by atoms with Crippen LogP contribution in [0.25, 0.3) is 0 Å². The zero-order valence-corrected chi connectivity index (χ0v) is 17.9. The average molecular weight is 397 g/mol. The summed E-state index contributed by atoms with van der Waals surface area (Å²) in [5.41, 5.74) is 2.98. The highest BCUT2D eigenvalue weighted by Gasteiger charge is 2.39. The molecule has 0 unspecified atom stereocenters. The molecule has 0 aliphatic carbocycles. The monoisotopic (exact) mass is 396 g/mol. The van der Waals surface area contributed by atoms with Gasteiger partial charge in [0, 0.05) is 61.3 Å². The number of pyridine rings is 1. The molecule has 1 saturated heterocycles. The highest BCUT2D eigenvalue weighted by Crippen LogP contribution is 2.40. The van der Waals surface area contributed by atoms with Gasteiger partial charge in [-0.05, 0) is 25.5 Å². The van der Waals surface area contributed by atoms with E-state index in [2.05, 4.69) is 54.1 Å². The Morgan fingerprint density at radius 3 is 2.93 bits per heavy atom. The van der Waals surface area contributed by atoms with E-state index >= 15 is 0 Å². The van der Waals surface area contributed by atoms with Gasteiger partial charge in [-0.2, -0.15) is 5.10 Å². The summed E-state index contributed by atoms with van der Waals surface area (Å²) in [7, 11) is 0. The Balaban J connectivity index is 1.56. The number of nitrogens with zero attached hydrogens (tertiary/aromatic N) is 5. The molecule has 1 amide bonds. The maximum Gasteiger partial charge on any atom is 0.241 e. The summed E-state index contributed by atoms with van der Waals surface area (Å²) in [6.07, 6.45) is 6.69. The van der Waals surface area contributed by atoms with E-state index in [9.17, 15) is 4.79 Å². The number of hydrogen-bond acceptors (Lipinski definition) is 5. The highest BCUT2D eigenvalue weighted by atomic mass is 16.2. The molecule has 2 aromatic heterocycles. The lowest BCUT2D eigenvalue weighted by molar-refractivity contribution is -0.120. The Kier molecular flexibility index (Phi) is 5.44. The topological polar surface area (TPSA) is 66.3 Å². The van der Waals surface area contributed by atoms with Crippen molar-refractivity contribution in [2.75, 3.05) is 31.1 Å². The molecule has 2 atom stereocenters. The largest absolute Gasteiger partial charge is 0.311 e. The molecule has 1 N–H and O–H groups in total. The van der Waals surface area contributed by atoms with Gasteiger partial charge in [-0.25, -0.2) is 0 Å². The van der Waals surface area contributed by atoms with Crippen LogP contribution in [0.1, 0.15) is 45.4 Å². The van der Waals surface area contributed by atoms with Gasteiger partial charge in [-0.3, -0.25) is 19.4 Å². The Hall–Kier alpha value is -2.25. The molecule has 156 valence electrons. The first-order chi connectivity index (χ1) is 13.9. The molecule has 7 heteroatoms. The average Bonchev–Trinajstić information content (AvgIpc) is 3.28. The summed E-state index contributed by atoms with van der Waals surface area (Å²) >= 11 is 0. The van der Waals surface area contributed by atoms with Crippen LogP contribution in [0.5, 0.6) is 0 Å². The van der Waals surface area contributed by atoms with Gasteiger partial charge in [-0.1, -0.05) is 20.8 Å². The smallest absolute Gasteiger partial charge is 0.241 e. The van der Waals surface area contributed by atoms with Gasteiger partial charge in [0.25, 0.3) is 0 Å². The molecule has 0 bridgehead atoms. The van der Waals surface area contributed by atoms with Crippen molar-refractivity contribution in [3.8, 4) is 0 Å². The third kappa shape index (κ3) is 4.07. The van der Waals surface area contributed by atoms with Crippen molar-refractivity contribution in [1.29, 1.82) is 0 Å². The number of nitrogens with one attached hydrogen (secondary N) is 1. The van der Waals surface area contributed by atoms with Crippen LogP contribution in [0.2, 0.25) is 0 Å². The first kappa shape index (κ1) is 20.0. The fraction of sp³-hybridized carbons (Fsp3) is 0.591. The zero-order valence-electron chi connectivity index (χ0n) is 17.9. The van der Waals surface area contributed by atoms with Crippen molar-refractivity contribution in [2.45, 2.75) is 58.2 Å². The standard InChI is InChI=1S/C22H32N6O/c1-5-18-10-23-16(2)12-26(18)14-21(29)28-15-22(3,4)19-11-24-17(9-20(19)28)13-27-8-6-7-25-27/h6-9,11,16,18,23H,5,10,12-15H2,1-4H3/t16-,18+/m1/s1. The molecule has 2 aromatic rings. The van der Waals surface area contributed by atoms with Gasteiger partial charge >= 0.3 is 0 Å². The number of rotatable bonds is 5. The Bertz CT molecular complexity index is 862. The van der Waals surface area contributed by atoms with Crippen LogP contribution >= 0.6 is 0 Å². The number of hydrogen-bond donors (Lipinski definition) is 1. The van der Waals surface area contributed by atoms with Crippen LogP contribution in [-0.2, 0) is 16.8 Å². The normalized spacial score (nSPS) is 23.9. The zero-order chi connectivity index (χ0) is 20.6. The van der Waals surface area contributed by atoms with Gasteiger partial charge < -0.3 is 10.2 Å². The summed E-state index contributed by atoms with van der Waals surface area (Å²) < 4.78 is 1.86. The predicted octanol–water partition coefficient (Wildman–Crippen LogP) is 2.02. The molecule has 1 fully saturated rings. The summed E-state index contributed by atoms with van der Waals surface area (Å²) in [6, 6.07) is 4.81. The number of carbonyl (C=O) groups is 1. The number of fused-ring (bicyclic) bond motifs is 1. The Morgan fingerprint density at radius 2 is 2.21 bits per heavy atom. The van der Waals surface area contributed by atoms with E-state index in [0.29, 0.717) is 31.7 Å². The molecule has 2 aliphatic rings. The second-order valence-corrected chi connectivity index (χ2v) is 9.06. The van der Waals surface area contributed by atoms with Crippen molar-refractivity contribution in [3.05, 3.63) is 42.0 Å². The van der Waals surface area contributed by atoms with Crippen molar-refractivity contribution in [1.82, 2.24) is 25.0 Å². The van der Waals surface area contributed by atoms with E-state index in [1.165, 1.54) is 0 Å². The van der Waals surface area contributed by atoms with Gasteiger partial charge in [0.2, 0.25) is 5.91 Å². The first-order valence-electron chi connectivity index (χ1n) is 10.6. The molecule has 0 radical (unpaired) electrons. The predicted molar refractivity (Wildman–Crippen MR) is 114 cm³/mol. The third-order valence-electron chi connectivity index (χ3n) is 6.23. The van der Waals surface area contributed by atoms with Gasteiger partial charge in [-0.15, -0.1) is 0 Å². The minimum absolute atomic E-state index is 0.0941. The van der Waals surface area contributed by atoms with E-state index in [-0.39, 0.29) is 11.3 Å². The van der Waals surface area contributed by atoms with Gasteiger partial charge in [0.05, 0.1) is 24.5 Å². The maximum absolute atomic E-state index is 13.4. The number of amides is 1. The van der Waals surface area contributed by atoms with E-state index < -0.39 is 0 Å². The molecule has 4 rings (SSSR count). The summed E-state index contributed by atoms with van der Waals surface area (Å²) in [4.78, 5) is 22.4. The Labute approximate surface area is 173 Å². The van der Waals surface area contributed by atoms with Crippen molar-refractivity contribution < 1.29 is 4.79 Å². The van der Waals surface area contributed by atoms with Crippen LogP contribution in [0, 0.1) is 0 Å². The van der Waals surface area contributed by atoms with Crippen LogP contribution in [0.3, 0.4) is 0 Å². The fourth-order valence-electron chi connectivity index (χ4n) is 4.55. The lowest BCUT2D eigenvalue weighted by atomic mass is 9.88. The van der Waals surface area contributed by atoms with Gasteiger partial charge in [0.1, 0.15) is 0 Å². The molecule has 2 aliphatic heterocycles. The number of anilines is 1. The van der Waals surface area contributed by atoms with E-state index in [4.69, 9.17) is 0 Å². The molecule has 0 spiro atoms. The van der Waals surface area contributed by atoms with Crippen LogP contribution in [0.15, 0.2) is 30.7 Å². The second-order valence-electron chi connectivity index (χ2n) is 9.06. The molecule has 7 nitrogen and oxygen atoms in total. The maximum atomic E-state index is 13.4. The van der Waals surface area contributed by atoms with Crippen molar-refractivity contribution in [3.63, 3.8) is 0 Å². The van der Waals surface area contributed by atoms with Crippen molar-refractivity contribution in [2.24, 2.45) is 0 Å². The third-order valence-corrected chi connectivity index (χ3v) is 6.23. The number of piperazine rings is 1. The minimum atomic E-state index is -0.0941. The van der Waals surface area contributed by atoms with Gasteiger partial charge in [0.15, 0.2) is 0 Å². The summed E-state index contributed by atoms with van der Waals surface area (Å²) in [6.45, 7) is 12.4. The quantitative estimate of drug-likeness (QED) is 0.838. The lowest BCUT2D eigenvalue weighted by Gasteiger charge is -2.39. The molecule has 29 heavy (non-hydrogen) atoms. The summed E-state index contributed by atoms with van der Waals surface area (Å²) in [5, 5.41) is 7.80. The van der Waals surface area contributed by atoms with E-state index in [1.54, 1.807) is 6.20 Å². The molecule has 0 saturated carbocycles. The molecule has 0 aromatic carbocycles. The summed E-state index contributed by atoms with van der Waals surface area (Å²) in [5.74, 6) is 0.181. The van der Waals surface area contributed by atoms with Crippen LogP contribution < -0.4 is 10.2 Å². The first-order valence-corrected chi connectivity index (χ1v) is 10.6. The fourth-order valence-corrected chi connectivity index (χ4v) is 4.55. The van der Waals surface area contributed by atoms with Crippen molar-refractivity contribution >= 4 is 11.6 Å². The molecular weight excluding hydrogens is 364 g/mol. The Morgan fingerprint density at radius 1 is 1.38 bits per heavy atom. The minimum Gasteiger partial charge on any atom is -0.311 e. The number of aromatic nitrogens is 3. The SMILES string of the molecule is CC[C@H]1CN[C@H](C)CN1CC(=O)N1CC(C)(C)c2cnc(Cn3cccn3)cc21. The van der Waals surface area contributed by atoms with E-state index in [0.717, 1.165) is 36.5 Å². The highest BCUT2D eigenvalue weighted by molar-refractivity contribution is 5.97. The second kappa shape index (κ2) is 7.88. The lowest BCUT2D eigenvalue weighted by Crippen LogP contribution is -2.57. The number of carbonyl (C=O) groups excluding carboxylic acids is 1. The molecule has 4 heterocycles. The van der Waals surface area contributed by atoms with Crippen LogP contribution in [-0.4, -0.2) is 63.8 Å². The van der Waals surface area contributed by atoms with E-state index in [1.807, 2.05) is 28.0 Å². The van der Waals surface area contributed by atoms with Crippen LogP contribution in [0.4, 0.5) is 5.69 Å².